The van der Waals surface area contributed by atoms with Gasteiger partial charge in [0.25, 0.3) is 5.91 Å². The zero-order valence-electron chi connectivity index (χ0n) is 16.3. The van der Waals surface area contributed by atoms with Gasteiger partial charge in [0.05, 0.1) is 6.10 Å². The monoisotopic (exact) mass is 373 g/mol. The van der Waals surface area contributed by atoms with E-state index in [9.17, 15) is 14.7 Å². The summed E-state index contributed by atoms with van der Waals surface area (Å²) in [5.74, 6) is 0.759. The molecule has 1 heterocycles. The summed E-state index contributed by atoms with van der Waals surface area (Å²) in [7, 11) is 0. The molecule has 27 heavy (non-hydrogen) atoms. The van der Waals surface area contributed by atoms with Gasteiger partial charge in [0.2, 0.25) is 0 Å². The summed E-state index contributed by atoms with van der Waals surface area (Å²) in [4.78, 5) is 26.9. The second-order valence-corrected chi connectivity index (χ2v) is 8.11. The molecule has 3 N–H and O–H groups in total. The topological polar surface area (TPSA) is 81.7 Å². The van der Waals surface area contributed by atoms with Crippen molar-refractivity contribution < 1.29 is 14.7 Å². The number of hydrogen-bond acceptors (Lipinski definition) is 3. The van der Waals surface area contributed by atoms with E-state index in [1.54, 1.807) is 12.1 Å². The molecule has 0 spiro atoms. The maximum atomic E-state index is 12.7. The van der Waals surface area contributed by atoms with Crippen molar-refractivity contribution in [3.8, 4) is 0 Å². The van der Waals surface area contributed by atoms with Crippen molar-refractivity contribution in [2.24, 2.45) is 5.92 Å². The van der Waals surface area contributed by atoms with Crippen molar-refractivity contribution in [3.63, 3.8) is 0 Å². The summed E-state index contributed by atoms with van der Waals surface area (Å²) in [5, 5.41) is 15.4. The van der Waals surface area contributed by atoms with E-state index in [4.69, 9.17) is 0 Å². The fourth-order valence-electron chi connectivity index (χ4n) is 3.90. The summed E-state index contributed by atoms with van der Waals surface area (Å²) < 4.78 is 0. The molecule has 0 bridgehead atoms. The zero-order chi connectivity index (χ0) is 19.4. The molecule has 0 atom stereocenters. The number of amides is 3. The highest BCUT2D eigenvalue weighted by atomic mass is 16.3. The van der Waals surface area contributed by atoms with Gasteiger partial charge in [-0.05, 0) is 75.1 Å². The molecule has 0 radical (unpaired) electrons. The SMILES string of the molecule is Cc1cc(C(=O)N2CCC(C)CC2)ccc1NC(=O)NC1CCC(O)CC1. The number of aryl methyl sites for hydroxylation is 1. The standard InChI is InChI=1S/C21H31N3O3/c1-14-9-11-24(12-10-14)20(26)16-3-8-19(15(2)13-16)23-21(27)22-17-4-6-18(25)7-5-17/h3,8,13-14,17-18,25H,4-7,9-12H2,1-2H3,(H2,22,23,27). The van der Waals surface area contributed by atoms with E-state index >= 15 is 0 Å². The Labute approximate surface area is 161 Å². The molecule has 1 aromatic carbocycles. The minimum atomic E-state index is -0.235. The molecule has 1 aliphatic heterocycles. The molecule has 6 nitrogen and oxygen atoms in total. The van der Waals surface area contributed by atoms with E-state index < -0.39 is 0 Å². The summed E-state index contributed by atoms with van der Waals surface area (Å²) in [6.07, 6.45) is 4.95. The lowest BCUT2D eigenvalue weighted by atomic mass is 9.93. The first-order valence-electron chi connectivity index (χ1n) is 10.1. The Morgan fingerprint density at radius 2 is 1.74 bits per heavy atom. The van der Waals surface area contributed by atoms with E-state index in [2.05, 4.69) is 17.6 Å². The van der Waals surface area contributed by atoms with E-state index in [1.807, 2.05) is 17.9 Å². The molecule has 0 unspecified atom stereocenters. The Balaban J connectivity index is 1.56. The molecule has 0 aromatic heterocycles. The lowest BCUT2D eigenvalue weighted by Gasteiger charge is -2.30. The van der Waals surface area contributed by atoms with Crippen molar-refractivity contribution in [1.29, 1.82) is 0 Å². The first kappa shape index (κ1) is 19.7. The number of rotatable bonds is 3. The van der Waals surface area contributed by atoms with Gasteiger partial charge < -0.3 is 20.6 Å². The summed E-state index contributed by atoms with van der Waals surface area (Å²) >= 11 is 0. The maximum absolute atomic E-state index is 12.7. The van der Waals surface area contributed by atoms with E-state index in [0.29, 0.717) is 17.2 Å². The molecular formula is C21H31N3O3. The lowest BCUT2D eigenvalue weighted by molar-refractivity contribution is 0.0697. The summed E-state index contributed by atoms with van der Waals surface area (Å²) in [5.41, 5.74) is 2.27. The van der Waals surface area contributed by atoms with Gasteiger partial charge in [-0.15, -0.1) is 0 Å². The van der Waals surface area contributed by atoms with Crippen molar-refractivity contribution in [2.45, 2.75) is 64.5 Å². The smallest absolute Gasteiger partial charge is 0.319 e. The van der Waals surface area contributed by atoms with Gasteiger partial charge in [-0.1, -0.05) is 6.92 Å². The van der Waals surface area contributed by atoms with Crippen molar-refractivity contribution >= 4 is 17.6 Å². The number of nitrogens with zero attached hydrogens (tertiary/aromatic N) is 1. The molecule has 1 saturated carbocycles. The number of aliphatic hydroxyl groups is 1. The van der Waals surface area contributed by atoms with E-state index in [1.165, 1.54) is 0 Å². The van der Waals surface area contributed by atoms with Crippen LogP contribution in [0.4, 0.5) is 10.5 Å². The number of anilines is 1. The number of likely N-dealkylation sites (tertiary alicyclic amines) is 1. The average molecular weight is 373 g/mol. The molecule has 1 aliphatic carbocycles. The summed E-state index contributed by atoms with van der Waals surface area (Å²) in [6.45, 7) is 5.77. The van der Waals surface area contributed by atoms with Crippen molar-refractivity contribution in [1.82, 2.24) is 10.2 Å². The molecule has 6 heteroatoms. The molecule has 1 saturated heterocycles. The number of aliphatic hydroxyl groups excluding tert-OH is 1. The van der Waals surface area contributed by atoms with Gasteiger partial charge in [-0.2, -0.15) is 0 Å². The van der Waals surface area contributed by atoms with Crippen LogP contribution in [0.15, 0.2) is 18.2 Å². The minimum absolute atomic E-state index is 0.0711. The minimum Gasteiger partial charge on any atom is -0.393 e. The second kappa shape index (κ2) is 8.74. The number of hydrogen-bond donors (Lipinski definition) is 3. The molecule has 2 aliphatic rings. The van der Waals surface area contributed by atoms with Crippen LogP contribution in [-0.2, 0) is 0 Å². The molecule has 148 valence electrons. The third kappa shape index (κ3) is 5.22. The van der Waals surface area contributed by atoms with Gasteiger partial charge in [0, 0.05) is 30.4 Å². The third-order valence-electron chi connectivity index (χ3n) is 5.82. The van der Waals surface area contributed by atoms with Crippen LogP contribution in [0, 0.1) is 12.8 Å². The van der Waals surface area contributed by atoms with Crippen LogP contribution in [0.5, 0.6) is 0 Å². The molecule has 3 amide bonds. The molecule has 3 rings (SSSR count). The van der Waals surface area contributed by atoms with Crippen LogP contribution in [0.1, 0.15) is 61.4 Å². The van der Waals surface area contributed by atoms with Crippen LogP contribution < -0.4 is 10.6 Å². The van der Waals surface area contributed by atoms with Gasteiger partial charge in [-0.3, -0.25) is 4.79 Å². The van der Waals surface area contributed by atoms with Gasteiger partial charge in [0.15, 0.2) is 0 Å². The fraction of sp³-hybridized carbons (Fsp3) is 0.619. The second-order valence-electron chi connectivity index (χ2n) is 8.11. The number of urea groups is 1. The normalized spacial score (nSPS) is 23.7. The largest absolute Gasteiger partial charge is 0.393 e. The maximum Gasteiger partial charge on any atom is 0.319 e. The predicted octanol–water partition coefficient (Wildman–Crippen LogP) is 3.29. The first-order valence-corrected chi connectivity index (χ1v) is 10.1. The number of benzene rings is 1. The van der Waals surface area contributed by atoms with E-state index in [0.717, 1.165) is 57.2 Å². The fourth-order valence-corrected chi connectivity index (χ4v) is 3.90. The Kier molecular flexibility index (Phi) is 6.37. The number of nitrogens with one attached hydrogen (secondary N) is 2. The lowest BCUT2D eigenvalue weighted by Crippen LogP contribution is -2.41. The van der Waals surface area contributed by atoms with Crippen LogP contribution >= 0.6 is 0 Å². The van der Waals surface area contributed by atoms with Crippen LogP contribution in [-0.4, -0.2) is 47.2 Å². The summed E-state index contributed by atoms with van der Waals surface area (Å²) in [6, 6.07) is 5.33. The highest BCUT2D eigenvalue weighted by molar-refractivity contribution is 5.96. The highest BCUT2D eigenvalue weighted by Gasteiger charge is 2.23. The van der Waals surface area contributed by atoms with Gasteiger partial charge in [0.1, 0.15) is 0 Å². The van der Waals surface area contributed by atoms with Gasteiger partial charge in [-0.25, -0.2) is 4.79 Å². The zero-order valence-corrected chi connectivity index (χ0v) is 16.3. The van der Waals surface area contributed by atoms with Gasteiger partial charge >= 0.3 is 6.03 Å². The Hall–Kier alpha value is -2.08. The number of carbonyl (C=O) groups excluding carboxylic acids is 2. The first-order chi connectivity index (χ1) is 12.9. The predicted molar refractivity (Wildman–Crippen MR) is 106 cm³/mol. The number of piperidine rings is 1. The Morgan fingerprint density at radius 3 is 2.37 bits per heavy atom. The van der Waals surface area contributed by atoms with Crippen LogP contribution in [0.2, 0.25) is 0 Å². The number of carbonyl (C=O) groups is 2. The van der Waals surface area contributed by atoms with Crippen molar-refractivity contribution in [3.05, 3.63) is 29.3 Å². The average Bonchev–Trinajstić information content (AvgIpc) is 2.65. The third-order valence-corrected chi connectivity index (χ3v) is 5.82. The van der Waals surface area contributed by atoms with Crippen LogP contribution in [0.3, 0.4) is 0 Å². The molecular weight excluding hydrogens is 342 g/mol. The Bertz CT molecular complexity index is 675. The highest BCUT2D eigenvalue weighted by Crippen LogP contribution is 2.22. The van der Waals surface area contributed by atoms with E-state index in [-0.39, 0.29) is 24.1 Å². The van der Waals surface area contributed by atoms with Crippen LogP contribution in [0.25, 0.3) is 0 Å². The van der Waals surface area contributed by atoms with Crippen molar-refractivity contribution in [2.75, 3.05) is 18.4 Å². The quantitative estimate of drug-likeness (QED) is 0.760. The molecule has 1 aromatic rings. The molecule has 2 fully saturated rings. The Morgan fingerprint density at radius 1 is 1.07 bits per heavy atom.